The van der Waals surface area contributed by atoms with Crippen LogP contribution in [-0.4, -0.2) is 7.11 Å². The first-order chi connectivity index (χ1) is 8.05. The van der Waals surface area contributed by atoms with Crippen LogP contribution in [0.25, 0.3) is 0 Å². The highest BCUT2D eigenvalue weighted by atomic mass is 19.4. The number of halogens is 6. The van der Waals surface area contributed by atoms with Crippen molar-refractivity contribution in [2.24, 2.45) is 0 Å². The van der Waals surface area contributed by atoms with E-state index in [0.29, 0.717) is 12.1 Å². The van der Waals surface area contributed by atoms with Gasteiger partial charge in [0, 0.05) is 7.11 Å². The van der Waals surface area contributed by atoms with E-state index in [9.17, 15) is 26.3 Å². The number of methoxy groups -OCH3 is 1. The fourth-order valence-electron chi connectivity index (χ4n) is 1.35. The normalized spacial score (nSPS) is 14.7. The van der Waals surface area contributed by atoms with Crippen LogP contribution in [-0.2, 0) is 17.1 Å². The van der Waals surface area contributed by atoms with Crippen molar-refractivity contribution in [1.29, 1.82) is 0 Å². The van der Waals surface area contributed by atoms with Gasteiger partial charge in [-0.1, -0.05) is 0 Å². The highest BCUT2D eigenvalue weighted by molar-refractivity contribution is 5.34. The third-order valence-electron chi connectivity index (χ3n) is 2.43. The summed E-state index contributed by atoms with van der Waals surface area (Å²) in [6.07, 6.45) is -10.5. The van der Waals surface area contributed by atoms with E-state index in [1.54, 1.807) is 0 Å². The number of hydrogen-bond donors (Lipinski definition) is 0. The lowest BCUT2D eigenvalue weighted by molar-refractivity contribution is -0.143. The molecule has 0 amide bonds. The number of rotatable bonds is 2. The van der Waals surface area contributed by atoms with Crippen LogP contribution in [0.3, 0.4) is 0 Å². The third kappa shape index (κ3) is 3.38. The Labute approximate surface area is 99.4 Å². The summed E-state index contributed by atoms with van der Waals surface area (Å²) in [6, 6.07) is 1.40. The molecule has 1 atom stereocenters. The maximum absolute atomic E-state index is 12.5. The van der Waals surface area contributed by atoms with Gasteiger partial charge in [-0.2, -0.15) is 26.3 Å². The molecule has 1 rings (SSSR count). The Balaban J connectivity index is 3.39. The molecular formula is C11H10F6O. The molecule has 1 aromatic rings. The monoisotopic (exact) mass is 272 g/mol. The van der Waals surface area contributed by atoms with Gasteiger partial charge >= 0.3 is 12.4 Å². The van der Waals surface area contributed by atoms with Crippen LogP contribution in [0.5, 0.6) is 0 Å². The van der Waals surface area contributed by atoms with Crippen LogP contribution in [0.15, 0.2) is 18.2 Å². The Morgan fingerprint density at radius 1 is 0.889 bits per heavy atom. The SMILES string of the molecule is COC(C)c1cc(C(F)(F)F)cc(C(F)(F)F)c1. The molecule has 0 aliphatic heterocycles. The molecule has 1 nitrogen and oxygen atoms in total. The van der Waals surface area contributed by atoms with E-state index in [1.807, 2.05) is 0 Å². The topological polar surface area (TPSA) is 9.23 Å². The molecule has 0 aromatic heterocycles. The van der Waals surface area contributed by atoms with Crippen LogP contribution in [0.4, 0.5) is 26.3 Å². The van der Waals surface area contributed by atoms with E-state index in [1.165, 1.54) is 14.0 Å². The molecule has 0 spiro atoms. The first kappa shape index (κ1) is 14.8. The van der Waals surface area contributed by atoms with Crippen molar-refractivity contribution in [2.75, 3.05) is 7.11 Å². The van der Waals surface area contributed by atoms with E-state index in [-0.39, 0.29) is 11.6 Å². The van der Waals surface area contributed by atoms with Crippen molar-refractivity contribution in [3.63, 3.8) is 0 Å². The van der Waals surface area contributed by atoms with Gasteiger partial charge in [-0.05, 0) is 30.7 Å². The van der Waals surface area contributed by atoms with Gasteiger partial charge in [-0.15, -0.1) is 0 Å². The summed E-state index contributed by atoms with van der Waals surface area (Å²) < 4.78 is 79.7. The van der Waals surface area contributed by atoms with Gasteiger partial charge in [0.15, 0.2) is 0 Å². The smallest absolute Gasteiger partial charge is 0.377 e. The summed E-state index contributed by atoms with van der Waals surface area (Å²) in [5, 5.41) is 0. The minimum Gasteiger partial charge on any atom is -0.377 e. The molecule has 0 saturated carbocycles. The average molecular weight is 272 g/mol. The fourth-order valence-corrected chi connectivity index (χ4v) is 1.35. The zero-order valence-corrected chi connectivity index (χ0v) is 9.49. The summed E-state index contributed by atoms with van der Waals surface area (Å²) in [5.41, 5.74) is -2.84. The number of benzene rings is 1. The van der Waals surface area contributed by atoms with Crippen LogP contribution in [0.1, 0.15) is 29.7 Å². The van der Waals surface area contributed by atoms with Crippen molar-refractivity contribution >= 4 is 0 Å². The number of hydrogen-bond acceptors (Lipinski definition) is 1. The number of alkyl halides is 6. The molecule has 0 bridgehead atoms. The van der Waals surface area contributed by atoms with Gasteiger partial charge in [0.05, 0.1) is 17.2 Å². The number of ether oxygens (including phenoxy) is 1. The van der Waals surface area contributed by atoms with Crippen molar-refractivity contribution in [2.45, 2.75) is 25.4 Å². The molecule has 0 radical (unpaired) electrons. The summed E-state index contributed by atoms with van der Waals surface area (Å²) in [5.74, 6) is 0. The Kier molecular flexibility index (Phi) is 3.95. The molecule has 0 aliphatic rings. The zero-order chi connectivity index (χ0) is 14.1. The van der Waals surface area contributed by atoms with Gasteiger partial charge < -0.3 is 4.74 Å². The lowest BCUT2D eigenvalue weighted by Crippen LogP contribution is -2.12. The molecule has 0 N–H and O–H groups in total. The maximum Gasteiger partial charge on any atom is 0.416 e. The zero-order valence-electron chi connectivity index (χ0n) is 9.49. The molecule has 0 fully saturated rings. The van der Waals surface area contributed by atoms with Gasteiger partial charge in [-0.3, -0.25) is 0 Å². The largest absolute Gasteiger partial charge is 0.416 e. The lowest BCUT2D eigenvalue weighted by Gasteiger charge is -2.17. The molecule has 1 aromatic carbocycles. The predicted octanol–water partition coefficient (Wildman–Crippen LogP) is 4.43. The van der Waals surface area contributed by atoms with E-state index in [2.05, 4.69) is 0 Å². The molecule has 7 heteroatoms. The van der Waals surface area contributed by atoms with Crippen molar-refractivity contribution < 1.29 is 31.1 Å². The van der Waals surface area contributed by atoms with Crippen LogP contribution in [0, 0.1) is 0 Å². The fraction of sp³-hybridized carbons (Fsp3) is 0.455. The lowest BCUT2D eigenvalue weighted by atomic mass is 10.0. The van der Waals surface area contributed by atoms with Crippen LogP contribution in [0.2, 0.25) is 0 Å². The van der Waals surface area contributed by atoms with Crippen LogP contribution >= 0.6 is 0 Å². The van der Waals surface area contributed by atoms with Crippen molar-refractivity contribution in [3.8, 4) is 0 Å². The van der Waals surface area contributed by atoms with E-state index >= 15 is 0 Å². The van der Waals surface area contributed by atoms with Crippen LogP contribution < -0.4 is 0 Å². The Morgan fingerprint density at radius 2 is 1.28 bits per heavy atom. The minimum absolute atomic E-state index is 0.0892. The third-order valence-corrected chi connectivity index (χ3v) is 2.43. The standard InChI is InChI=1S/C11H10F6O/c1-6(18-2)7-3-8(10(12,13)14)5-9(4-7)11(15,16)17/h3-6H,1-2H3. The molecule has 0 saturated heterocycles. The summed E-state index contributed by atoms with van der Waals surface area (Å²) in [6.45, 7) is 1.37. The maximum atomic E-state index is 12.5. The second-order valence-electron chi connectivity index (χ2n) is 3.72. The Bertz CT molecular complexity index is 388. The van der Waals surface area contributed by atoms with Crippen molar-refractivity contribution in [1.82, 2.24) is 0 Å². The van der Waals surface area contributed by atoms with E-state index in [4.69, 9.17) is 4.74 Å². The predicted molar refractivity (Wildman–Crippen MR) is 51.9 cm³/mol. The van der Waals surface area contributed by atoms with Gasteiger partial charge in [0.25, 0.3) is 0 Å². The minimum atomic E-state index is -4.83. The summed E-state index contributed by atoms with van der Waals surface area (Å²) >= 11 is 0. The molecule has 102 valence electrons. The molecule has 0 aliphatic carbocycles. The average Bonchev–Trinajstić information content (AvgIpc) is 2.25. The highest BCUT2D eigenvalue weighted by Gasteiger charge is 2.37. The quantitative estimate of drug-likeness (QED) is 0.723. The first-order valence-corrected chi connectivity index (χ1v) is 4.88. The summed E-state index contributed by atoms with van der Waals surface area (Å²) in [7, 11) is 1.21. The Morgan fingerprint density at radius 3 is 1.56 bits per heavy atom. The molecule has 1 unspecified atom stereocenters. The van der Waals surface area contributed by atoms with E-state index < -0.39 is 29.6 Å². The molecule has 18 heavy (non-hydrogen) atoms. The molecular weight excluding hydrogens is 262 g/mol. The van der Waals surface area contributed by atoms with Crippen molar-refractivity contribution in [3.05, 3.63) is 34.9 Å². The van der Waals surface area contributed by atoms with Gasteiger partial charge in [-0.25, -0.2) is 0 Å². The summed E-state index contributed by atoms with van der Waals surface area (Å²) in [4.78, 5) is 0. The highest BCUT2D eigenvalue weighted by Crippen LogP contribution is 2.37. The Hall–Kier alpha value is -1.24. The molecule has 0 heterocycles. The second-order valence-corrected chi connectivity index (χ2v) is 3.72. The van der Waals surface area contributed by atoms with E-state index in [0.717, 1.165) is 0 Å². The second kappa shape index (κ2) is 4.79. The van der Waals surface area contributed by atoms with Gasteiger partial charge in [0.2, 0.25) is 0 Å². The first-order valence-electron chi connectivity index (χ1n) is 4.88. The van der Waals surface area contributed by atoms with Gasteiger partial charge in [0.1, 0.15) is 0 Å².